The lowest BCUT2D eigenvalue weighted by atomic mass is 10.3. The maximum atomic E-state index is 11.1. The molecule has 9 heteroatoms. The molecule has 0 aliphatic carbocycles. The summed E-state index contributed by atoms with van der Waals surface area (Å²) in [6.45, 7) is 0. The molecule has 0 unspecified atom stereocenters. The number of carboxylic acid groups (broad SMARTS) is 1. The smallest absolute Gasteiger partial charge is 0.329 e. The topological polar surface area (TPSA) is 101 Å². The van der Waals surface area contributed by atoms with E-state index in [0.29, 0.717) is 33.1 Å². The van der Waals surface area contributed by atoms with Crippen LogP contribution in [-0.4, -0.2) is 45.1 Å². The minimum Gasteiger partial charge on any atom is -0.504 e. The summed E-state index contributed by atoms with van der Waals surface area (Å²) in [6, 6.07) is 9.56. The van der Waals surface area contributed by atoms with Crippen LogP contribution in [0, 0.1) is 0 Å². The summed E-state index contributed by atoms with van der Waals surface area (Å²) >= 11 is 2.85. The third kappa shape index (κ3) is 3.56. The second kappa shape index (κ2) is 7.09. The number of aromatic nitrogens is 1. The summed E-state index contributed by atoms with van der Waals surface area (Å²) in [5.41, 5.74) is 0.799. The first-order chi connectivity index (χ1) is 13.0. The van der Waals surface area contributed by atoms with E-state index < -0.39 is 12.0 Å². The van der Waals surface area contributed by atoms with Crippen LogP contribution in [0.2, 0.25) is 0 Å². The van der Waals surface area contributed by atoms with E-state index in [0.717, 1.165) is 10.2 Å². The van der Waals surface area contributed by atoms with Gasteiger partial charge in [-0.2, -0.15) is 0 Å². The SMILES string of the molecule is COc1cc(Oc2ccc3nc(C4=N[C@@H](C(=O)O)CS4)sc3c2)ccc1O. The predicted molar refractivity (Wildman–Crippen MR) is 105 cm³/mol. The molecule has 2 heterocycles. The maximum absolute atomic E-state index is 11.1. The molecule has 1 aromatic heterocycles. The molecule has 7 nitrogen and oxygen atoms in total. The van der Waals surface area contributed by atoms with E-state index in [-0.39, 0.29) is 5.75 Å². The van der Waals surface area contributed by atoms with Crippen molar-refractivity contribution < 1.29 is 24.5 Å². The van der Waals surface area contributed by atoms with E-state index in [9.17, 15) is 9.90 Å². The number of hydrogen-bond acceptors (Lipinski definition) is 8. The molecule has 0 saturated carbocycles. The number of ether oxygens (including phenoxy) is 2. The number of hydrogen-bond donors (Lipinski definition) is 2. The Bertz CT molecular complexity index is 1060. The fourth-order valence-electron chi connectivity index (χ4n) is 2.53. The maximum Gasteiger partial charge on any atom is 0.329 e. The van der Waals surface area contributed by atoms with Crippen LogP contribution in [0.15, 0.2) is 41.4 Å². The summed E-state index contributed by atoms with van der Waals surface area (Å²) in [6.07, 6.45) is 0. The van der Waals surface area contributed by atoms with E-state index >= 15 is 0 Å². The number of thioether (sulfide) groups is 1. The Kier molecular flexibility index (Phi) is 4.63. The second-order valence-corrected chi connectivity index (χ2v) is 7.72. The average molecular weight is 402 g/mol. The molecule has 0 saturated heterocycles. The Morgan fingerprint density at radius 1 is 1.22 bits per heavy atom. The number of phenols is 1. The minimum atomic E-state index is -0.918. The number of aromatic hydroxyl groups is 1. The highest BCUT2D eigenvalue weighted by molar-refractivity contribution is 8.15. The molecule has 0 fully saturated rings. The van der Waals surface area contributed by atoms with E-state index in [4.69, 9.17) is 14.6 Å². The van der Waals surface area contributed by atoms with Crippen molar-refractivity contribution in [1.82, 2.24) is 4.98 Å². The predicted octanol–water partition coefficient (Wildman–Crippen LogP) is 3.75. The monoisotopic (exact) mass is 402 g/mol. The Labute approximate surface area is 162 Å². The van der Waals surface area contributed by atoms with Crippen LogP contribution >= 0.6 is 23.1 Å². The van der Waals surface area contributed by atoms with E-state index in [2.05, 4.69) is 9.98 Å². The van der Waals surface area contributed by atoms with Crippen molar-refractivity contribution in [3.8, 4) is 23.0 Å². The Hall–Kier alpha value is -2.78. The fourth-order valence-corrected chi connectivity index (χ4v) is 4.63. The van der Waals surface area contributed by atoms with Crippen molar-refractivity contribution in [3.05, 3.63) is 41.4 Å². The number of aliphatic carboxylic acids is 1. The number of fused-ring (bicyclic) bond motifs is 1. The third-order valence-corrected chi connectivity index (χ3v) is 6.07. The fraction of sp³-hybridized carbons (Fsp3) is 0.167. The zero-order chi connectivity index (χ0) is 19.0. The molecule has 138 valence electrons. The van der Waals surface area contributed by atoms with Crippen molar-refractivity contribution in [2.75, 3.05) is 12.9 Å². The third-order valence-electron chi connectivity index (χ3n) is 3.87. The van der Waals surface area contributed by atoms with Gasteiger partial charge in [-0.15, -0.1) is 23.1 Å². The summed E-state index contributed by atoms with van der Waals surface area (Å²) < 4.78 is 11.8. The Morgan fingerprint density at radius 2 is 2.00 bits per heavy atom. The highest BCUT2D eigenvalue weighted by Crippen LogP contribution is 2.35. The number of phenolic OH excluding ortho intramolecular Hbond substituents is 1. The lowest BCUT2D eigenvalue weighted by molar-refractivity contribution is -0.137. The molecule has 0 radical (unpaired) electrons. The molecule has 27 heavy (non-hydrogen) atoms. The summed E-state index contributed by atoms with van der Waals surface area (Å²) in [5.74, 6) is 1.04. The van der Waals surface area contributed by atoms with Crippen molar-refractivity contribution >= 4 is 44.3 Å². The van der Waals surface area contributed by atoms with Gasteiger partial charge in [-0.3, -0.25) is 4.99 Å². The molecule has 3 aromatic rings. The van der Waals surface area contributed by atoms with Gasteiger partial charge in [-0.1, -0.05) is 0 Å². The number of carboxylic acids is 1. The standard InChI is InChI=1S/C18H14N2O5S2/c1-24-14-6-9(3-5-13(14)21)25-10-2-4-11-15(7-10)27-17(19-11)16-20-12(8-26-16)18(22)23/h2-7,12,21H,8H2,1H3,(H,22,23)/t12-/m1/s1. The van der Waals surface area contributed by atoms with Gasteiger partial charge in [0.15, 0.2) is 17.5 Å². The van der Waals surface area contributed by atoms with Crippen molar-refractivity contribution in [2.24, 2.45) is 4.99 Å². The van der Waals surface area contributed by atoms with Gasteiger partial charge in [0.05, 0.1) is 17.3 Å². The Morgan fingerprint density at radius 3 is 2.74 bits per heavy atom. The lowest BCUT2D eigenvalue weighted by Gasteiger charge is -2.08. The number of rotatable bonds is 5. The van der Waals surface area contributed by atoms with Crippen molar-refractivity contribution in [2.45, 2.75) is 6.04 Å². The van der Waals surface area contributed by atoms with Gasteiger partial charge in [0.1, 0.15) is 21.6 Å². The van der Waals surface area contributed by atoms with Crippen LogP contribution in [-0.2, 0) is 4.79 Å². The molecular formula is C18H14N2O5S2. The van der Waals surface area contributed by atoms with Crippen LogP contribution in [0.4, 0.5) is 0 Å². The first-order valence-electron chi connectivity index (χ1n) is 7.93. The average Bonchev–Trinajstić information content (AvgIpc) is 3.29. The zero-order valence-electron chi connectivity index (χ0n) is 14.1. The van der Waals surface area contributed by atoms with Crippen LogP contribution in [0.25, 0.3) is 10.2 Å². The van der Waals surface area contributed by atoms with Crippen LogP contribution in [0.3, 0.4) is 0 Å². The molecule has 0 amide bonds. The first kappa shape index (κ1) is 17.6. The molecule has 1 aliphatic rings. The molecule has 1 atom stereocenters. The first-order valence-corrected chi connectivity index (χ1v) is 9.73. The van der Waals surface area contributed by atoms with E-state index in [1.165, 1.54) is 36.3 Å². The van der Waals surface area contributed by atoms with Gasteiger partial charge in [0, 0.05) is 17.9 Å². The summed E-state index contributed by atoms with van der Waals surface area (Å²) in [4.78, 5) is 19.8. The zero-order valence-corrected chi connectivity index (χ0v) is 15.7. The largest absolute Gasteiger partial charge is 0.504 e. The molecule has 2 aromatic carbocycles. The number of carbonyl (C=O) groups is 1. The van der Waals surface area contributed by atoms with Gasteiger partial charge in [-0.05, 0) is 24.3 Å². The van der Waals surface area contributed by atoms with Crippen LogP contribution < -0.4 is 9.47 Å². The van der Waals surface area contributed by atoms with Gasteiger partial charge in [0.25, 0.3) is 0 Å². The molecule has 0 bridgehead atoms. The van der Waals surface area contributed by atoms with Crippen molar-refractivity contribution in [1.29, 1.82) is 0 Å². The molecule has 1 aliphatic heterocycles. The number of nitrogens with zero attached hydrogens (tertiary/aromatic N) is 2. The highest BCUT2D eigenvalue weighted by Gasteiger charge is 2.26. The number of aliphatic imine (C=N–C) groups is 1. The van der Waals surface area contributed by atoms with Crippen LogP contribution in [0.5, 0.6) is 23.0 Å². The summed E-state index contributed by atoms with van der Waals surface area (Å²) in [7, 11) is 1.47. The molecular weight excluding hydrogens is 388 g/mol. The normalized spacial score (nSPS) is 16.3. The minimum absolute atomic E-state index is 0.0434. The Balaban J connectivity index is 1.60. The quantitative estimate of drug-likeness (QED) is 0.670. The van der Waals surface area contributed by atoms with Crippen LogP contribution in [0.1, 0.15) is 5.01 Å². The van der Waals surface area contributed by atoms with Gasteiger partial charge in [-0.25, -0.2) is 9.78 Å². The summed E-state index contributed by atoms with van der Waals surface area (Å²) in [5, 5.41) is 20.1. The number of benzene rings is 2. The number of thiazole rings is 1. The molecule has 4 rings (SSSR count). The number of methoxy groups -OCH3 is 1. The highest BCUT2D eigenvalue weighted by atomic mass is 32.2. The van der Waals surface area contributed by atoms with Gasteiger partial charge >= 0.3 is 5.97 Å². The molecule has 2 N–H and O–H groups in total. The molecule has 0 spiro atoms. The van der Waals surface area contributed by atoms with Gasteiger partial charge < -0.3 is 19.7 Å². The second-order valence-electron chi connectivity index (χ2n) is 5.68. The lowest BCUT2D eigenvalue weighted by Crippen LogP contribution is -2.17. The van der Waals surface area contributed by atoms with E-state index in [1.54, 1.807) is 18.2 Å². The van der Waals surface area contributed by atoms with Crippen molar-refractivity contribution in [3.63, 3.8) is 0 Å². The van der Waals surface area contributed by atoms with E-state index in [1.807, 2.05) is 12.1 Å². The van der Waals surface area contributed by atoms with Gasteiger partial charge in [0.2, 0.25) is 0 Å².